The number of Topliss-reactive ketones (excluding diaryl/α,β-unsaturated/α-hetero) is 1. The van der Waals surface area contributed by atoms with Crippen molar-refractivity contribution in [3.8, 4) is 11.3 Å². The van der Waals surface area contributed by atoms with Crippen LogP contribution in [0.3, 0.4) is 0 Å². The van der Waals surface area contributed by atoms with Gasteiger partial charge < -0.3 is 9.84 Å². The van der Waals surface area contributed by atoms with Crippen LogP contribution >= 0.6 is 0 Å². The van der Waals surface area contributed by atoms with E-state index in [9.17, 15) is 22.8 Å². The van der Waals surface area contributed by atoms with Crippen LogP contribution in [0.15, 0.2) is 59.1 Å². The van der Waals surface area contributed by atoms with E-state index in [1.54, 1.807) is 30.3 Å². The number of nitrogens with zero attached hydrogens (tertiary/aromatic N) is 1. The lowest BCUT2D eigenvalue weighted by molar-refractivity contribution is -0.137. The lowest BCUT2D eigenvalue weighted by Crippen LogP contribution is -2.20. The third-order valence-corrected chi connectivity index (χ3v) is 4.10. The summed E-state index contributed by atoms with van der Waals surface area (Å²) >= 11 is 0. The van der Waals surface area contributed by atoms with E-state index >= 15 is 0 Å². The highest BCUT2D eigenvalue weighted by molar-refractivity contribution is 6.03. The summed E-state index contributed by atoms with van der Waals surface area (Å²) in [6.07, 6.45) is -4.96. The molecule has 1 amide bonds. The van der Waals surface area contributed by atoms with E-state index < -0.39 is 29.9 Å². The Kier molecular flexibility index (Phi) is 5.30. The Labute approximate surface area is 158 Å². The fourth-order valence-electron chi connectivity index (χ4n) is 2.71. The van der Waals surface area contributed by atoms with E-state index in [2.05, 4.69) is 10.5 Å². The van der Waals surface area contributed by atoms with E-state index in [1.807, 2.05) is 0 Å². The monoisotopic (exact) mass is 388 g/mol. The van der Waals surface area contributed by atoms with Gasteiger partial charge in [0.15, 0.2) is 11.5 Å². The van der Waals surface area contributed by atoms with Crippen LogP contribution in [0.25, 0.3) is 11.3 Å². The van der Waals surface area contributed by atoms with Crippen LogP contribution in [0.4, 0.5) is 13.2 Å². The highest BCUT2D eigenvalue weighted by Crippen LogP contribution is 2.30. The second-order valence-corrected chi connectivity index (χ2v) is 5.95. The van der Waals surface area contributed by atoms with E-state index in [4.69, 9.17) is 4.52 Å². The molecule has 1 aromatic heterocycles. The lowest BCUT2D eigenvalue weighted by atomic mass is 10.00. The number of aromatic nitrogens is 1. The lowest BCUT2D eigenvalue weighted by Gasteiger charge is -2.08. The molecular formula is C20H15F3N2O3. The second-order valence-electron chi connectivity index (χ2n) is 5.95. The topological polar surface area (TPSA) is 72.2 Å². The average molecular weight is 388 g/mol. The molecule has 0 spiro atoms. The number of carbonyl (C=O) groups is 2. The van der Waals surface area contributed by atoms with Crippen molar-refractivity contribution in [2.24, 2.45) is 0 Å². The molecule has 1 heterocycles. The molecule has 0 atom stereocenters. The molecule has 28 heavy (non-hydrogen) atoms. The number of carbonyl (C=O) groups excluding carboxylic acids is 2. The van der Waals surface area contributed by atoms with Gasteiger partial charge >= 0.3 is 6.18 Å². The number of halogens is 3. The average Bonchev–Trinajstić information content (AvgIpc) is 3.11. The molecule has 0 saturated carbocycles. The zero-order valence-electron chi connectivity index (χ0n) is 14.7. The quantitative estimate of drug-likeness (QED) is 0.667. The summed E-state index contributed by atoms with van der Waals surface area (Å²) in [5, 5.41) is 6.35. The summed E-state index contributed by atoms with van der Waals surface area (Å²) in [5.74, 6) is -1.14. The fourth-order valence-corrected chi connectivity index (χ4v) is 2.71. The SMILES string of the molecule is CNC(=O)c1c(-c2ccccc2)noc1CC(=O)c1cccc(C(F)(F)F)c1. The molecule has 5 nitrogen and oxygen atoms in total. The predicted molar refractivity (Wildman–Crippen MR) is 94.8 cm³/mol. The summed E-state index contributed by atoms with van der Waals surface area (Å²) in [5.41, 5.74) is -0.105. The van der Waals surface area contributed by atoms with Crippen molar-refractivity contribution in [1.29, 1.82) is 0 Å². The van der Waals surface area contributed by atoms with Crippen molar-refractivity contribution in [2.75, 3.05) is 7.05 Å². The fraction of sp³-hybridized carbons (Fsp3) is 0.150. The number of benzene rings is 2. The second kappa shape index (κ2) is 7.67. The number of amides is 1. The number of nitrogens with one attached hydrogen (secondary N) is 1. The number of rotatable bonds is 5. The molecule has 3 rings (SSSR count). The number of ketones is 1. The molecule has 0 aliphatic heterocycles. The van der Waals surface area contributed by atoms with Crippen LogP contribution < -0.4 is 5.32 Å². The number of alkyl halides is 3. The maximum absolute atomic E-state index is 12.9. The van der Waals surface area contributed by atoms with Crippen molar-refractivity contribution in [3.05, 3.63) is 77.0 Å². The van der Waals surface area contributed by atoms with Gasteiger partial charge in [-0.1, -0.05) is 47.6 Å². The Balaban J connectivity index is 1.96. The largest absolute Gasteiger partial charge is 0.416 e. The number of hydrogen-bond acceptors (Lipinski definition) is 4. The Morgan fingerprint density at radius 2 is 1.79 bits per heavy atom. The summed E-state index contributed by atoms with van der Waals surface area (Å²) in [4.78, 5) is 24.8. The van der Waals surface area contributed by atoms with Gasteiger partial charge in [0.05, 0.1) is 12.0 Å². The van der Waals surface area contributed by atoms with Crippen molar-refractivity contribution in [2.45, 2.75) is 12.6 Å². The minimum absolute atomic E-state index is 0.0133. The normalized spacial score (nSPS) is 11.3. The predicted octanol–water partition coefficient (Wildman–Crippen LogP) is 4.15. The summed E-state index contributed by atoms with van der Waals surface area (Å²) < 4.78 is 43.8. The summed E-state index contributed by atoms with van der Waals surface area (Å²) in [6.45, 7) is 0. The smallest absolute Gasteiger partial charge is 0.359 e. The van der Waals surface area contributed by atoms with Crippen LogP contribution in [-0.4, -0.2) is 23.9 Å². The summed E-state index contributed by atoms with van der Waals surface area (Å²) in [6, 6.07) is 12.9. The molecule has 1 N–H and O–H groups in total. The minimum atomic E-state index is -4.56. The molecule has 0 fully saturated rings. The van der Waals surface area contributed by atoms with Crippen molar-refractivity contribution in [1.82, 2.24) is 10.5 Å². The molecule has 2 aromatic carbocycles. The minimum Gasteiger partial charge on any atom is -0.359 e. The Hall–Kier alpha value is -3.42. The first-order valence-corrected chi connectivity index (χ1v) is 8.27. The highest BCUT2D eigenvalue weighted by Gasteiger charge is 2.31. The van der Waals surface area contributed by atoms with E-state index in [0.29, 0.717) is 5.56 Å². The molecule has 0 aliphatic rings. The van der Waals surface area contributed by atoms with E-state index in [0.717, 1.165) is 18.2 Å². The Morgan fingerprint density at radius 3 is 2.43 bits per heavy atom. The van der Waals surface area contributed by atoms with Gasteiger partial charge in [0.2, 0.25) is 0 Å². The standard InChI is InChI=1S/C20H15F3N2O3/c1-24-19(27)17-16(28-25-18(17)12-6-3-2-4-7-12)11-15(26)13-8-5-9-14(10-13)20(21,22)23/h2-10H,11H2,1H3,(H,24,27). The molecule has 0 saturated heterocycles. The van der Waals surface area contributed by atoms with E-state index in [1.165, 1.54) is 13.1 Å². The van der Waals surface area contributed by atoms with Gasteiger partial charge in [0.1, 0.15) is 11.3 Å². The molecule has 0 unspecified atom stereocenters. The van der Waals surface area contributed by atoms with Gasteiger partial charge in [-0.05, 0) is 12.1 Å². The zero-order chi connectivity index (χ0) is 20.3. The molecule has 8 heteroatoms. The first kappa shape index (κ1) is 19.3. The van der Waals surface area contributed by atoms with E-state index in [-0.39, 0.29) is 22.6 Å². The van der Waals surface area contributed by atoms with Crippen LogP contribution in [0.1, 0.15) is 32.0 Å². The third kappa shape index (κ3) is 3.95. The molecule has 0 aliphatic carbocycles. The maximum Gasteiger partial charge on any atom is 0.416 e. The van der Waals surface area contributed by atoms with Crippen LogP contribution in [0, 0.1) is 0 Å². The van der Waals surface area contributed by atoms with Gasteiger partial charge in [0.25, 0.3) is 5.91 Å². The van der Waals surface area contributed by atoms with Crippen LogP contribution in [0.2, 0.25) is 0 Å². The first-order valence-electron chi connectivity index (χ1n) is 8.27. The Bertz CT molecular complexity index is 1010. The molecule has 0 bridgehead atoms. The highest BCUT2D eigenvalue weighted by atomic mass is 19.4. The number of hydrogen-bond donors (Lipinski definition) is 1. The molecule has 144 valence electrons. The van der Waals surface area contributed by atoms with Gasteiger partial charge in [-0.25, -0.2) is 0 Å². The maximum atomic E-state index is 12.9. The summed E-state index contributed by atoms with van der Waals surface area (Å²) in [7, 11) is 1.42. The first-order chi connectivity index (χ1) is 13.3. The van der Waals surface area contributed by atoms with Gasteiger partial charge in [0, 0.05) is 18.2 Å². The zero-order valence-corrected chi connectivity index (χ0v) is 14.7. The Morgan fingerprint density at radius 1 is 1.07 bits per heavy atom. The molecule has 0 radical (unpaired) electrons. The van der Waals surface area contributed by atoms with Crippen LogP contribution in [-0.2, 0) is 12.6 Å². The molecular weight excluding hydrogens is 373 g/mol. The molecule has 3 aromatic rings. The van der Waals surface area contributed by atoms with Gasteiger partial charge in [-0.2, -0.15) is 13.2 Å². The van der Waals surface area contributed by atoms with Gasteiger partial charge in [-0.3, -0.25) is 9.59 Å². The van der Waals surface area contributed by atoms with Crippen molar-refractivity contribution < 1.29 is 27.3 Å². The van der Waals surface area contributed by atoms with Crippen molar-refractivity contribution >= 4 is 11.7 Å². The van der Waals surface area contributed by atoms with Crippen molar-refractivity contribution in [3.63, 3.8) is 0 Å². The third-order valence-electron chi connectivity index (χ3n) is 4.10. The van der Waals surface area contributed by atoms with Crippen LogP contribution in [0.5, 0.6) is 0 Å². The van der Waals surface area contributed by atoms with Gasteiger partial charge in [-0.15, -0.1) is 0 Å².